The molecule has 0 aromatic rings. The monoisotopic (exact) mass is 310 g/mol. The predicted molar refractivity (Wildman–Crippen MR) is 35.2 cm³/mol. The molecule has 0 aliphatic rings. The Labute approximate surface area is 135 Å². The summed E-state index contributed by atoms with van der Waals surface area (Å²) in [7, 11) is -13.3. The molecule has 2 N–H and O–H groups in total. The van der Waals surface area contributed by atoms with Crippen LogP contribution >= 0.6 is 0 Å². The SMILES string of the molecule is O=S(=O)(O)C(F)(F)C(F)(F)S(=O)(=O)O.[H-].[H-].[Na+].[Na+]. The number of alkyl halides is 4. The Morgan fingerprint density at radius 2 is 0.875 bits per heavy atom. The molecule has 0 aliphatic heterocycles. The summed E-state index contributed by atoms with van der Waals surface area (Å²) in [5.41, 5.74) is 0. The first-order valence-corrected chi connectivity index (χ1v) is 5.33. The maximum atomic E-state index is 12.1. The van der Waals surface area contributed by atoms with Gasteiger partial charge in [-0.15, -0.1) is 0 Å². The normalized spacial score (nSPS) is 13.6. The summed E-state index contributed by atoms with van der Waals surface area (Å²) >= 11 is 0. The molecule has 0 heterocycles. The Morgan fingerprint density at radius 3 is 0.938 bits per heavy atom. The summed E-state index contributed by atoms with van der Waals surface area (Å²) < 4.78 is 102. The first-order chi connectivity index (χ1) is 5.75. The molecule has 14 heteroatoms. The van der Waals surface area contributed by atoms with Crippen LogP contribution in [0.3, 0.4) is 0 Å². The van der Waals surface area contributed by atoms with E-state index in [4.69, 9.17) is 9.11 Å². The topological polar surface area (TPSA) is 109 Å². The summed E-state index contributed by atoms with van der Waals surface area (Å²) in [6.07, 6.45) is 0. The zero-order valence-electron chi connectivity index (χ0n) is 9.86. The van der Waals surface area contributed by atoms with Crippen molar-refractivity contribution in [1.82, 2.24) is 0 Å². The summed E-state index contributed by atoms with van der Waals surface area (Å²) in [6, 6.07) is 0. The van der Waals surface area contributed by atoms with E-state index >= 15 is 0 Å². The van der Waals surface area contributed by atoms with Crippen LogP contribution in [0.25, 0.3) is 0 Å². The van der Waals surface area contributed by atoms with Crippen molar-refractivity contribution < 1.29 is 105 Å². The average Bonchev–Trinajstić information content (AvgIpc) is 1.81. The summed E-state index contributed by atoms with van der Waals surface area (Å²) in [5.74, 6) is 0. The Kier molecular flexibility index (Phi) is 8.69. The first kappa shape index (κ1) is 22.7. The number of hydrogen-bond donors (Lipinski definition) is 2. The molecule has 0 unspecified atom stereocenters. The first-order valence-electron chi connectivity index (χ1n) is 2.45. The number of rotatable bonds is 3. The molecule has 0 aromatic heterocycles. The van der Waals surface area contributed by atoms with Gasteiger partial charge in [0.15, 0.2) is 0 Å². The van der Waals surface area contributed by atoms with Crippen molar-refractivity contribution >= 4 is 20.2 Å². The van der Waals surface area contributed by atoms with Gasteiger partial charge in [0.2, 0.25) is 0 Å². The molecule has 0 saturated heterocycles. The molecular weight excluding hydrogens is 306 g/mol. The van der Waals surface area contributed by atoms with Crippen LogP contribution in [-0.4, -0.2) is 36.5 Å². The molecular formula is C2H4F4Na2O6S2. The summed E-state index contributed by atoms with van der Waals surface area (Å²) in [4.78, 5) is 0. The van der Waals surface area contributed by atoms with Crippen LogP contribution in [0.15, 0.2) is 0 Å². The fraction of sp³-hybridized carbons (Fsp3) is 1.00. The third-order valence-corrected chi connectivity index (χ3v) is 2.92. The van der Waals surface area contributed by atoms with Crippen molar-refractivity contribution in [2.45, 2.75) is 10.5 Å². The zero-order valence-corrected chi connectivity index (χ0v) is 13.5. The second-order valence-electron chi connectivity index (χ2n) is 1.98. The fourth-order valence-electron chi connectivity index (χ4n) is 0.300. The minimum Gasteiger partial charge on any atom is -1.00 e. The van der Waals surface area contributed by atoms with Crippen LogP contribution in [0.5, 0.6) is 0 Å². The van der Waals surface area contributed by atoms with E-state index in [-0.39, 0.29) is 62.0 Å². The van der Waals surface area contributed by atoms with Gasteiger partial charge in [-0.05, 0) is 0 Å². The number of hydrogen-bond acceptors (Lipinski definition) is 4. The molecule has 0 aliphatic carbocycles. The molecule has 0 saturated carbocycles. The van der Waals surface area contributed by atoms with Gasteiger partial charge in [0.05, 0.1) is 0 Å². The fourth-order valence-corrected chi connectivity index (χ4v) is 1.53. The van der Waals surface area contributed by atoms with Gasteiger partial charge in [-0.2, -0.15) is 34.4 Å². The van der Waals surface area contributed by atoms with Crippen LogP contribution in [0.2, 0.25) is 0 Å². The van der Waals surface area contributed by atoms with E-state index in [2.05, 4.69) is 0 Å². The molecule has 90 valence electrons. The molecule has 0 amide bonds. The maximum absolute atomic E-state index is 12.1. The van der Waals surface area contributed by atoms with Crippen molar-refractivity contribution in [3.8, 4) is 0 Å². The van der Waals surface area contributed by atoms with E-state index < -0.39 is 30.7 Å². The Balaban J connectivity index is -0.000000141. The molecule has 0 aromatic carbocycles. The van der Waals surface area contributed by atoms with Crippen LogP contribution in [-0.2, 0) is 20.2 Å². The van der Waals surface area contributed by atoms with E-state index in [1.54, 1.807) is 0 Å². The zero-order chi connectivity index (χ0) is 12.0. The molecule has 6 nitrogen and oxygen atoms in total. The number of halogens is 4. The van der Waals surface area contributed by atoms with Gasteiger partial charge in [0, 0.05) is 0 Å². The van der Waals surface area contributed by atoms with Crippen molar-refractivity contribution in [2.24, 2.45) is 0 Å². The Hall–Kier alpha value is 1.54. The van der Waals surface area contributed by atoms with Gasteiger partial charge in [0.1, 0.15) is 0 Å². The van der Waals surface area contributed by atoms with E-state index in [1.807, 2.05) is 0 Å². The smallest absolute Gasteiger partial charge is 1.00 e. The average molecular weight is 310 g/mol. The molecule has 0 atom stereocenters. The van der Waals surface area contributed by atoms with E-state index in [9.17, 15) is 34.4 Å². The van der Waals surface area contributed by atoms with Crippen LogP contribution in [0.1, 0.15) is 2.85 Å². The van der Waals surface area contributed by atoms with Gasteiger partial charge < -0.3 is 2.85 Å². The van der Waals surface area contributed by atoms with Crippen LogP contribution < -0.4 is 59.1 Å². The minimum atomic E-state index is -6.67. The maximum Gasteiger partial charge on any atom is 1.00 e. The van der Waals surface area contributed by atoms with Crippen LogP contribution in [0, 0.1) is 0 Å². The Bertz CT molecular complexity index is 395. The quantitative estimate of drug-likeness (QED) is 0.305. The van der Waals surface area contributed by atoms with Gasteiger partial charge in [-0.25, -0.2) is 0 Å². The summed E-state index contributed by atoms with van der Waals surface area (Å²) in [6.45, 7) is 0. The van der Waals surface area contributed by atoms with Crippen molar-refractivity contribution in [3.63, 3.8) is 0 Å². The molecule has 0 rings (SSSR count). The molecule has 0 spiro atoms. The van der Waals surface area contributed by atoms with E-state index in [0.29, 0.717) is 0 Å². The van der Waals surface area contributed by atoms with Gasteiger partial charge >= 0.3 is 89.9 Å². The van der Waals surface area contributed by atoms with Crippen molar-refractivity contribution in [3.05, 3.63) is 0 Å². The second-order valence-corrected chi connectivity index (χ2v) is 4.91. The van der Waals surface area contributed by atoms with E-state index in [1.165, 1.54) is 0 Å². The van der Waals surface area contributed by atoms with Gasteiger partial charge in [0.25, 0.3) is 0 Å². The minimum absolute atomic E-state index is 0. The largest absolute Gasteiger partial charge is 1.00 e. The molecule has 0 radical (unpaired) electrons. The standard InChI is InChI=1S/C2H2F4O6S2.2Na.2H/c3-1(4,13(7,8)9)2(5,6)14(10,11)12;;;;/h(H,7,8,9)(H,10,11,12);;;;/q;2*+1;2*-1. The second kappa shape index (κ2) is 6.12. The molecule has 0 fully saturated rings. The molecule has 0 bridgehead atoms. The van der Waals surface area contributed by atoms with Gasteiger partial charge in [-0.1, -0.05) is 0 Å². The molecule has 16 heavy (non-hydrogen) atoms. The van der Waals surface area contributed by atoms with Crippen molar-refractivity contribution in [2.75, 3.05) is 0 Å². The Morgan fingerprint density at radius 1 is 0.750 bits per heavy atom. The summed E-state index contributed by atoms with van der Waals surface area (Å²) in [5, 5.41) is -12.7. The third kappa shape index (κ3) is 4.03. The van der Waals surface area contributed by atoms with E-state index in [0.717, 1.165) is 0 Å². The predicted octanol–water partition coefficient (Wildman–Crippen LogP) is -5.82. The van der Waals surface area contributed by atoms with Crippen LogP contribution in [0.4, 0.5) is 17.6 Å². The van der Waals surface area contributed by atoms with Gasteiger partial charge in [-0.3, -0.25) is 9.11 Å². The van der Waals surface area contributed by atoms with Crippen molar-refractivity contribution in [1.29, 1.82) is 0 Å². The third-order valence-electron chi connectivity index (χ3n) is 0.987.